The minimum Gasteiger partial charge on any atom is -0.352 e. The molecule has 0 bridgehead atoms. The third-order valence-electron chi connectivity index (χ3n) is 2.88. The summed E-state index contributed by atoms with van der Waals surface area (Å²) in [5.41, 5.74) is 1.44. The van der Waals surface area contributed by atoms with Gasteiger partial charge in [0.25, 0.3) is 0 Å². The number of rotatable bonds is 5. The molecule has 2 rings (SSSR count). The Balaban J connectivity index is 1.80. The molecule has 1 amide bonds. The lowest BCUT2D eigenvalue weighted by atomic mass is 10.1. The second-order valence-corrected chi connectivity index (χ2v) is 4.56. The van der Waals surface area contributed by atoms with Crippen LogP contribution in [-0.4, -0.2) is 12.5 Å². The standard InChI is InChI=1S/C17H15F2NO/c18-15-5-1-3-13(11-15)7-8-17(21)20-10-9-14-4-2-6-16(19)12-14/h1-8,11-12H,9-10H2,(H,20,21)/b8-7+. The number of carbonyl (C=O) groups is 1. The third kappa shape index (κ3) is 5.18. The first-order valence-electron chi connectivity index (χ1n) is 6.59. The Kier molecular flexibility index (Phi) is 5.21. The minimum atomic E-state index is -0.344. The van der Waals surface area contributed by atoms with Gasteiger partial charge < -0.3 is 5.32 Å². The van der Waals surface area contributed by atoms with Gasteiger partial charge in [0.2, 0.25) is 5.91 Å². The average Bonchev–Trinajstić information content (AvgIpc) is 2.45. The smallest absolute Gasteiger partial charge is 0.244 e. The third-order valence-corrected chi connectivity index (χ3v) is 2.88. The van der Waals surface area contributed by atoms with Crippen molar-refractivity contribution in [1.29, 1.82) is 0 Å². The van der Waals surface area contributed by atoms with E-state index in [4.69, 9.17) is 0 Å². The van der Waals surface area contributed by atoms with Gasteiger partial charge in [-0.2, -0.15) is 0 Å². The molecule has 2 aromatic carbocycles. The van der Waals surface area contributed by atoms with Crippen LogP contribution in [0.1, 0.15) is 11.1 Å². The lowest BCUT2D eigenvalue weighted by Gasteiger charge is -2.03. The van der Waals surface area contributed by atoms with E-state index in [1.165, 1.54) is 30.3 Å². The maximum atomic E-state index is 13.0. The monoisotopic (exact) mass is 287 g/mol. The highest BCUT2D eigenvalue weighted by Crippen LogP contribution is 2.05. The van der Waals surface area contributed by atoms with Crippen LogP contribution in [0.4, 0.5) is 8.78 Å². The Morgan fingerprint density at radius 2 is 1.76 bits per heavy atom. The van der Waals surface area contributed by atoms with E-state index in [2.05, 4.69) is 5.32 Å². The highest BCUT2D eigenvalue weighted by Gasteiger charge is 1.98. The molecule has 2 aromatic rings. The molecule has 0 saturated carbocycles. The summed E-state index contributed by atoms with van der Waals surface area (Å²) in [5, 5.41) is 2.69. The van der Waals surface area contributed by atoms with Gasteiger partial charge in [-0.25, -0.2) is 8.78 Å². The molecular formula is C17H15F2NO. The van der Waals surface area contributed by atoms with E-state index in [0.29, 0.717) is 18.5 Å². The summed E-state index contributed by atoms with van der Waals surface area (Å²) in [5.74, 6) is -0.899. The molecule has 21 heavy (non-hydrogen) atoms. The van der Waals surface area contributed by atoms with Gasteiger partial charge in [0.05, 0.1) is 0 Å². The molecule has 4 heteroatoms. The van der Waals surface area contributed by atoms with Crippen LogP contribution >= 0.6 is 0 Å². The van der Waals surface area contributed by atoms with Crippen molar-refractivity contribution >= 4 is 12.0 Å². The zero-order chi connectivity index (χ0) is 15.1. The summed E-state index contributed by atoms with van der Waals surface area (Å²) in [6.07, 6.45) is 3.44. The average molecular weight is 287 g/mol. The Labute approximate surface area is 122 Å². The number of hydrogen-bond acceptors (Lipinski definition) is 1. The van der Waals surface area contributed by atoms with Crippen molar-refractivity contribution in [3.8, 4) is 0 Å². The molecule has 0 unspecified atom stereocenters. The van der Waals surface area contributed by atoms with Gasteiger partial charge in [0, 0.05) is 12.6 Å². The fraction of sp³-hybridized carbons (Fsp3) is 0.118. The van der Waals surface area contributed by atoms with Crippen LogP contribution in [-0.2, 0) is 11.2 Å². The number of nitrogens with one attached hydrogen (secondary N) is 1. The van der Waals surface area contributed by atoms with Gasteiger partial charge in [-0.15, -0.1) is 0 Å². The van der Waals surface area contributed by atoms with Gasteiger partial charge in [-0.05, 0) is 47.9 Å². The molecule has 0 aliphatic heterocycles. The van der Waals surface area contributed by atoms with Crippen molar-refractivity contribution in [2.24, 2.45) is 0 Å². The normalized spacial score (nSPS) is 10.8. The van der Waals surface area contributed by atoms with Crippen LogP contribution in [0.3, 0.4) is 0 Å². The van der Waals surface area contributed by atoms with Gasteiger partial charge in [0.1, 0.15) is 11.6 Å². The highest BCUT2D eigenvalue weighted by molar-refractivity contribution is 5.91. The van der Waals surface area contributed by atoms with E-state index in [9.17, 15) is 13.6 Å². The summed E-state index contributed by atoms with van der Waals surface area (Å²) in [4.78, 5) is 11.6. The van der Waals surface area contributed by atoms with Crippen molar-refractivity contribution in [2.75, 3.05) is 6.54 Å². The maximum absolute atomic E-state index is 13.0. The maximum Gasteiger partial charge on any atom is 0.244 e. The molecule has 2 nitrogen and oxygen atoms in total. The summed E-state index contributed by atoms with van der Waals surface area (Å²) in [6.45, 7) is 0.412. The Bertz CT molecular complexity index is 653. The summed E-state index contributed by atoms with van der Waals surface area (Å²) in [6, 6.07) is 12.2. The molecular weight excluding hydrogens is 272 g/mol. The number of halogens is 2. The largest absolute Gasteiger partial charge is 0.352 e. The predicted molar refractivity (Wildman–Crippen MR) is 78.5 cm³/mol. The fourth-order valence-electron chi connectivity index (χ4n) is 1.86. The lowest BCUT2D eigenvalue weighted by molar-refractivity contribution is -0.116. The highest BCUT2D eigenvalue weighted by atomic mass is 19.1. The minimum absolute atomic E-state index is 0.268. The number of amides is 1. The molecule has 0 aliphatic rings. The van der Waals surface area contributed by atoms with Crippen LogP contribution < -0.4 is 5.32 Å². The molecule has 0 radical (unpaired) electrons. The first-order chi connectivity index (χ1) is 10.1. The van der Waals surface area contributed by atoms with Crippen LogP contribution in [0.25, 0.3) is 6.08 Å². The molecule has 108 valence electrons. The van der Waals surface area contributed by atoms with E-state index >= 15 is 0 Å². The molecule has 0 spiro atoms. The SMILES string of the molecule is O=C(/C=C/c1cccc(F)c1)NCCc1cccc(F)c1. The van der Waals surface area contributed by atoms with Crippen molar-refractivity contribution in [3.05, 3.63) is 77.4 Å². The Hall–Kier alpha value is -2.49. The quantitative estimate of drug-likeness (QED) is 0.840. The van der Waals surface area contributed by atoms with E-state index < -0.39 is 0 Å². The first kappa shape index (κ1) is 14.9. The van der Waals surface area contributed by atoms with E-state index in [-0.39, 0.29) is 17.5 Å². The topological polar surface area (TPSA) is 29.1 Å². The predicted octanol–water partition coefficient (Wildman–Crippen LogP) is 3.34. The lowest BCUT2D eigenvalue weighted by Crippen LogP contribution is -2.23. The van der Waals surface area contributed by atoms with Crippen LogP contribution in [0.2, 0.25) is 0 Å². The molecule has 1 N–H and O–H groups in total. The van der Waals surface area contributed by atoms with Crippen molar-refractivity contribution in [3.63, 3.8) is 0 Å². The number of benzene rings is 2. The number of hydrogen-bond donors (Lipinski definition) is 1. The number of carbonyl (C=O) groups excluding carboxylic acids is 1. The molecule has 0 heterocycles. The van der Waals surface area contributed by atoms with Crippen molar-refractivity contribution in [2.45, 2.75) is 6.42 Å². The summed E-state index contributed by atoms with van der Waals surface area (Å²) >= 11 is 0. The Morgan fingerprint density at radius 3 is 2.48 bits per heavy atom. The van der Waals surface area contributed by atoms with Crippen LogP contribution in [0.5, 0.6) is 0 Å². The van der Waals surface area contributed by atoms with Gasteiger partial charge >= 0.3 is 0 Å². The van der Waals surface area contributed by atoms with E-state index in [0.717, 1.165) is 5.56 Å². The molecule has 0 fully saturated rings. The van der Waals surface area contributed by atoms with Gasteiger partial charge in [-0.1, -0.05) is 24.3 Å². The van der Waals surface area contributed by atoms with Crippen LogP contribution in [0, 0.1) is 11.6 Å². The molecule has 0 atom stereocenters. The molecule has 0 aromatic heterocycles. The zero-order valence-electron chi connectivity index (χ0n) is 11.4. The van der Waals surface area contributed by atoms with E-state index in [1.54, 1.807) is 30.3 Å². The summed E-state index contributed by atoms with van der Waals surface area (Å²) < 4.78 is 25.9. The second-order valence-electron chi connectivity index (χ2n) is 4.56. The van der Waals surface area contributed by atoms with Gasteiger partial charge in [0.15, 0.2) is 0 Å². The summed E-state index contributed by atoms with van der Waals surface area (Å²) in [7, 11) is 0. The zero-order valence-corrected chi connectivity index (χ0v) is 11.4. The molecule has 0 aliphatic carbocycles. The second kappa shape index (κ2) is 7.33. The van der Waals surface area contributed by atoms with Crippen molar-refractivity contribution in [1.82, 2.24) is 5.32 Å². The van der Waals surface area contributed by atoms with Gasteiger partial charge in [-0.3, -0.25) is 4.79 Å². The first-order valence-corrected chi connectivity index (χ1v) is 6.59. The van der Waals surface area contributed by atoms with Crippen molar-refractivity contribution < 1.29 is 13.6 Å². The molecule has 0 saturated heterocycles. The van der Waals surface area contributed by atoms with Crippen LogP contribution in [0.15, 0.2) is 54.6 Å². The van der Waals surface area contributed by atoms with E-state index in [1.807, 2.05) is 0 Å². The Morgan fingerprint density at radius 1 is 1.05 bits per heavy atom. The fourth-order valence-corrected chi connectivity index (χ4v) is 1.86.